The van der Waals surface area contributed by atoms with E-state index in [4.69, 9.17) is 18.6 Å². The largest absolute Gasteiger partial charge is 0.492 e. The number of hydrogen-bond donors (Lipinski definition) is 1. The summed E-state index contributed by atoms with van der Waals surface area (Å²) < 4.78 is 22.5. The van der Waals surface area contributed by atoms with E-state index < -0.39 is 0 Å². The molecule has 1 amide bonds. The molecule has 4 aromatic rings. The lowest BCUT2D eigenvalue weighted by Gasteiger charge is -2.19. The summed E-state index contributed by atoms with van der Waals surface area (Å²) in [7, 11) is 0. The molecule has 0 saturated heterocycles. The second-order valence-electron chi connectivity index (χ2n) is 9.23. The third kappa shape index (κ3) is 5.86. The van der Waals surface area contributed by atoms with Gasteiger partial charge in [-0.25, -0.2) is 0 Å². The maximum Gasteiger partial charge on any atom is 0.262 e. The summed E-state index contributed by atoms with van der Waals surface area (Å²) in [5.41, 5.74) is 1.79. The van der Waals surface area contributed by atoms with Gasteiger partial charge in [-0.3, -0.25) is 9.59 Å². The van der Waals surface area contributed by atoms with E-state index in [1.54, 1.807) is 30.3 Å². The van der Waals surface area contributed by atoms with Crippen molar-refractivity contribution in [1.82, 2.24) is 0 Å². The number of para-hydroxylation sites is 2. The zero-order valence-corrected chi connectivity index (χ0v) is 20.8. The highest BCUT2D eigenvalue weighted by Gasteiger charge is 2.15. The molecular weight excluding hydrogens is 458 g/mol. The Morgan fingerprint density at radius 3 is 2.36 bits per heavy atom. The van der Waals surface area contributed by atoms with Crippen molar-refractivity contribution in [3.63, 3.8) is 0 Å². The van der Waals surface area contributed by atoms with Crippen LogP contribution in [0.5, 0.6) is 23.0 Å². The van der Waals surface area contributed by atoms with Gasteiger partial charge < -0.3 is 23.9 Å². The predicted octanol–water partition coefficient (Wildman–Crippen LogP) is 6.30. The van der Waals surface area contributed by atoms with Gasteiger partial charge in [0.05, 0.1) is 17.7 Å². The summed E-state index contributed by atoms with van der Waals surface area (Å²) in [5, 5.41) is 3.12. The predicted molar refractivity (Wildman–Crippen MR) is 139 cm³/mol. The van der Waals surface area contributed by atoms with Gasteiger partial charge in [-0.15, -0.1) is 0 Å². The molecule has 3 aromatic carbocycles. The Labute approximate surface area is 209 Å². The molecule has 1 N–H and O–H groups in total. The number of anilines is 1. The van der Waals surface area contributed by atoms with Crippen molar-refractivity contribution in [2.45, 2.75) is 33.1 Å². The van der Waals surface area contributed by atoms with Gasteiger partial charge >= 0.3 is 0 Å². The van der Waals surface area contributed by atoms with Crippen LogP contribution in [0.2, 0.25) is 0 Å². The lowest BCUT2D eigenvalue weighted by Crippen LogP contribution is -2.20. The van der Waals surface area contributed by atoms with Crippen LogP contribution in [0, 0.1) is 0 Å². The molecule has 0 radical (unpaired) electrons. The van der Waals surface area contributed by atoms with Crippen LogP contribution in [-0.2, 0) is 10.2 Å². The molecule has 7 heteroatoms. The second-order valence-corrected chi connectivity index (χ2v) is 9.23. The maximum absolute atomic E-state index is 12.9. The number of ether oxygens (including phenoxy) is 3. The lowest BCUT2D eigenvalue weighted by atomic mass is 9.87. The maximum atomic E-state index is 12.9. The van der Waals surface area contributed by atoms with Crippen molar-refractivity contribution in [2.24, 2.45) is 0 Å². The van der Waals surface area contributed by atoms with Crippen molar-refractivity contribution < 1.29 is 23.4 Å². The van der Waals surface area contributed by atoms with E-state index in [0.29, 0.717) is 40.5 Å². The van der Waals surface area contributed by atoms with Crippen LogP contribution in [0.4, 0.5) is 5.69 Å². The molecule has 1 heterocycles. The number of carbonyl (C=O) groups excluding carboxylic acids is 1. The van der Waals surface area contributed by atoms with Gasteiger partial charge in [0.1, 0.15) is 29.1 Å². The van der Waals surface area contributed by atoms with Crippen LogP contribution in [0.1, 0.15) is 33.3 Å². The van der Waals surface area contributed by atoms with E-state index in [1.165, 1.54) is 11.8 Å². The SMILES string of the molecule is CCOc1ccccc1NC(=O)COc1ccc2c(=O)c(Oc3ccc(C(C)(C)C)cc3)coc2c1. The lowest BCUT2D eigenvalue weighted by molar-refractivity contribution is -0.118. The van der Waals surface area contributed by atoms with Crippen LogP contribution < -0.4 is 25.0 Å². The highest BCUT2D eigenvalue weighted by atomic mass is 16.5. The fraction of sp³-hybridized carbons (Fsp3) is 0.241. The molecule has 36 heavy (non-hydrogen) atoms. The fourth-order valence-electron chi connectivity index (χ4n) is 3.59. The Hall–Kier alpha value is -4.26. The van der Waals surface area contributed by atoms with E-state index in [-0.39, 0.29) is 29.1 Å². The van der Waals surface area contributed by atoms with E-state index in [9.17, 15) is 9.59 Å². The third-order valence-electron chi connectivity index (χ3n) is 5.49. The Kier molecular flexibility index (Phi) is 7.29. The van der Waals surface area contributed by atoms with E-state index in [2.05, 4.69) is 26.1 Å². The molecular formula is C29H29NO6. The average Bonchev–Trinajstić information content (AvgIpc) is 2.85. The third-order valence-corrected chi connectivity index (χ3v) is 5.49. The average molecular weight is 488 g/mol. The first-order valence-corrected chi connectivity index (χ1v) is 11.7. The van der Waals surface area contributed by atoms with Crippen molar-refractivity contribution in [3.05, 3.63) is 88.8 Å². The standard InChI is InChI=1S/C29H29NO6/c1-5-33-24-9-7-6-8-23(24)30-27(31)18-34-21-14-15-22-25(16-21)35-17-26(28(22)32)36-20-12-10-19(11-13-20)29(2,3)4/h6-17H,5,18H2,1-4H3,(H,30,31). The first-order chi connectivity index (χ1) is 17.2. The molecule has 0 fully saturated rings. The van der Waals surface area contributed by atoms with Crippen LogP contribution in [0.3, 0.4) is 0 Å². The zero-order chi connectivity index (χ0) is 25.7. The fourth-order valence-corrected chi connectivity index (χ4v) is 3.59. The van der Waals surface area contributed by atoms with E-state index >= 15 is 0 Å². The van der Waals surface area contributed by atoms with Crippen LogP contribution in [-0.4, -0.2) is 19.1 Å². The number of hydrogen-bond acceptors (Lipinski definition) is 6. The molecule has 0 aliphatic carbocycles. The van der Waals surface area contributed by atoms with Gasteiger partial charge in [0, 0.05) is 6.07 Å². The molecule has 186 valence electrons. The van der Waals surface area contributed by atoms with Crippen molar-refractivity contribution >= 4 is 22.6 Å². The molecule has 0 aliphatic heterocycles. The number of carbonyl (C=O) groups is 1. The molecule has 4 rings (SSSR count). The molecule has 7 nitrogen and oxygen atoms in total. The first-order valence-electron chi connectivity index (χ1n) is 11.7. The molecule has 0 unspecified atom stereocenters. The topological polar surface area (TPSA) is 87.0 Å². The summed E-state index contributed by atoms with van der Waals surface area (Å²) in [6.07, 6.45) is 1.28. The molecule has 0 aliphatic rings. The summed E-state index contributed by atoms with van der Waals surface area (Å²) in [5.74, 6) is 1.28. The first kappa shape index (κ1) is 24.9. The molecule has 0 saturated carbocycles. The second kappa shape index (κ2) is 10.6. The van der Waals surface area contributed by atoms with Gasteiger partial charge in [-0.05, 0) is 54.3 Å². The summed E-state index contributed by atoms with van der Waals surface area (Å²) in [4.78, 5) is 25.3. The summed E-state index contributed by atoms with van der Waals surface area (Å²) >= 11 is 0. The monoisotopic (exact) mass is 487 g/mol. The van der Waals surface area contributed by atoms with Crippen molar-refractivity contribution in [3.8, 4) is 23.0 Å². The van der Waals surface area contributed by atoms with Gasteiger partial charge in [-0.1, -0.05) is 45.0 Å². The number of benzene rings is 3. The van der Waals surface area contributed by atoms with Gasteiger partial charge in [0.25, 0.3) is 5.91 Å². The number of amides is 1. The van der Waals surface area contributed by atoms with Gasteiger partial charge in [0.15, 0.2) is 6.61 Å². The Morgan fingerprint density at radius 2 is 1.64 bits per heavy atom. The van der Waals surface area contributed by atoms with Gasteiger partial charge in [0.2, 0.25) is 11.2 Å². The van der Waals surface area contributed by atoms with Crippen LogP contribution >= 0.6 is 0 Å². The highest BCUT2D eigenvalue weighted by Crippen LogP contribution is 2.28. The highest BCUT2D eigenvalue weighted by molar-refractivity contribution is 5.93. The molecule has 0 bridgehead atoms. The number of rotatable bonds is 8. The summed E-state index contributed by atoms with van der Waals surface area (Å²) in [6.45, 7) is 8.54. The number of fused-ring (bicyclic) bond motifs is 1. The minimum atomic E-state index is -0.343. The minimum absolute atomic E-state index is 0.0227. The summed E-state index contributed by atoms with van der Waals surface area (Å²) in [6, 6.07) is 19.6. The normalized spacial score (nSPS) is 11.2. The molecule has 0 atom stereocenters. The minimum Gasteiger partial charge on any atom is -0.492 e. The van der Waals surface area contributed by atoms with Crippen molar-refractivity contribution in [2.75, 3.05) is 18.5 Å². The quantitative estimate of drug-likeness (QED) is 0.314. The van der Waals surface area contributed by atoms with E-state index in [0.717, 1.165) is 0 Å². The van der Waals surface area contributed by atoms with Crippen LogP contribution in [0.25, 0.3) is 11.0 Å². The van der Waals surface area contributed by atoms with Gasteiger partial charge in [-0.2, -0.15) is 0 Å². The zero-order valence-electron chi connectivity index (χ0n) is 20.8. The molecule has 0 spiro atoms. The smallest absolute Gasteiger partial charge is 0.262 e. The Morgan fingerprint density at radius 1 is 0.917 bits per heavy atom. The Bertz CT molecular complexity index is 1420. The van der Waals surface area contributed by atoms with Crippen molar-refractivity contribution in [1.29, 1.82) is 0 Å². The van der Waals surface area contributed by atoms with E-state index in [1.807, 2.05) is 43.3 Å². The molecule has 1 aromatic heterocycles. The number of nitrogens with one attached hydrogen (secondary N) is 1. The van der Waals surface area contributed by atoms with Crippen LogP contribution in [0.15, 0.2) is 82.2 Å². The Balaban J connectivity index is 1.43.